The van der Waals surface area contributed by atoms with Crippen LogP contribution in [0.3, 0.4) is 0 Å². The molecule has 132 valence electrons. The third kappa shape index (κ3) is 3.28. The number of nitrogens with zero attached hydrogens (tertiary/aromatic N) is 3. The van der Waals surface area contributed by atoms with Crippen LogP contribution >= 0.6 is 0 Å². The lowest BCUT2D eigenvalue weighted by Crippen LogP contribution is -2.26. The van der Waals surface area contributed by atoms with Crippen LogP contribution in [0.1, 0.15) is 31.4 Å². The molecule has 3 nitrogen and oxygen atoms in total. The zero-order valence-electron chi connectivity index (χ0n) is 16.0. The van der Waals surface area contributed by atoms with Gasteiger partial charge in [-0.05, 0) is 37.6 Å². The standard InChI is InChI=1S/C23H26N3/c1-23(2)20-8-5-6-9-21(20)26(4)22(23)15-12-18-10-13-19(14-11-18)25(3)17-7-16-24/h5-6,8-15H,7,17H2,1-4H3/q+1. The summed E-state index contributed by atoms with van der Waals surface area (Å²) in [6, 6.07) is 19.3. The Balaban J connectivity index is 1.81. The van der Waals surface area contributed by atoms with Gasteiger partial charge in [0.25, 0.3) is 0 Å². The van der Waals surface area contributed by atoms with Gasteiger partial charge in [-0.2, -0.15) is 9.84 Å². The molecule has 0 amide bonds. The van der Waals surface area contributed by atoms with Gasteiger partial charge in [0.2, 0.25) is 5.69 Å². The van der Waals surface area contributed by atoms with Gasteiger partial charge in [-0.15, -0.1) is 0 Å². The van der Waals surface area contributed by atoms with Gasteiger partial charge in [0.15, 0.2) is 5.71 Å². The number of hydrogen-bond acceptors (Lipinski definition) is 2. The second-order valence-electron chi connectivity index (χ2n) is 7.34. The third-order valence-electron chi connectivity index (χ3n) is 5.27. The van der Waals surface area contributed by atoms with Gasteiger partial charge in [-0.3, -0.25) is 0 Å². The van der Waals surface area contributed by atoms with Gasteiger partial charge < -0.3 is 4.90 Å². The SMILES string of the molecule is CN(CCC#N)c1ccc(/C=C/C2=[N+](C)c3ccccc3C2(C)C)cc1. The molecule has 3 rings (SSSR count). The van der Waals surface area contributed by atoms with Crippen LogP contribution in [0, 0.1) is 11.3 Å². The summed E-state index contributed by atoms with van der Waals surface area (Å²) in [6.07, 6.45) is 4.95. The Kier molecular flexibility index (Phi) is 4.95. The van der Waals surface area contributed by atoms with Gasteiger partial charge in [0.1, 0.15) is 7.05 Å². The van der Waals surface area contributed by atoms with Gasteiger partial charge >= 0.3 is 0 Å². The van der Waals surface area contributed by atoms with E-state index in [9.17, 15) is 0 Å². The van der Waals surface area contributed by atoms with Gasteiger partial charge in [-0.1, -0.05) is 30.3 Å². The minimum Gasteiger partial charge on any atom is -0.374 e. The van der Waals surface area contributed by atoms with E-state index >= 15 is 0 Å². The second kappa shape index (κ2) is 7.17. The predicted molar refractivity (Wildman–Crippen MR) is 109 cm³/mol. The van der Waals surface area contributed by atoms with Gasteiger partial charge in [0.05, 0.1) is 17.9 Å². The van der Waals surface area contributed by atoms with E-state index in [0.717, 1.165) is 12.2 Å². The zero-order valence-corrected chi connectivity index (χ0v) is 16.0. The summed E-state index contributed by atoms with van der Waals surface area (Å²) in [5.41, 5.74) is 6.27. The fourth-order valence-electron chi connectivity index (χ4n) is 3.66. The molecule has 0 fully saturated rings. The number of nitriles is 1. The first-order chi connectivity index (χ1) is 12.4. The van der Waals surface area contributed by atoms with Crippen LogP contribution in [-0.2, 0) is 5.41 Å². The van der Waals surface area contributed by atoms with Gasteiger partial charge in [0, 0.05) is 37.0 Å². The lowest BCUT2D eigenvalue weighted by molar-refractivity contribution is -0.401. The molecule has 1 aliphatic rings. The molecule has 0 N–H and O–H groups in total. The average Bonchev–Trinajstić information content (AvgIpc) is 2.85. The van der Waals surface area contributed by atoms with E-state index in [1.54, 1.807) is 0 Å². The Morgan fingerprint density at radius 2 is 1.77 bits per heavy atom. The van der Waals surface area contributed by atoms with Crippen LogP contribution in [-0.4, -0.2) is 30.9 Å². The Hall–Kier alpha value is -2.86. The molecule has 3 heteroatoms. The van der Waals surface area contributed by atoms with E-state index in [1.165, 1.54) is 22.5 Å². The first-order valence-electron chi connectivity index (χ1n) is 9.02. The van der Waals surface area contributed by atoms with E-state index in [0.29, 0.717) is 6.42 Å². The summed E-state index contributed by atoms with van der Waals surface area (Å²) < 4.78 is 2.29. The lowest BCUT2D eigenvalue weighted by atomic mass is 9.81. The van der Waals surface area contributed by atoms with Crippen molar-refractivity contribution in [2.45, 2.75) is 25.7 Å². The monoisotopic (exact) mass is 344 g/mol. The van der Waals surface area contributed by atoms with E-state index in [2.05, 4.69) is 97.1 Å². The summed E-state index contributed by atoms with van der Waals surface area (Å²) in [7, 11) is 4.16. The molecule has 0 saturated heterocycles. The maximum absolute atomic E-state index is 8.72. The van der Waals surface area contributed by atoms with E-state index in [-0.39, 0.29) is 5.41 Å². The molecule has 0 radical (unpaired) electrons. The fourth-order valence-corrected chi connectivity index (χ4v) is 3.66. The number of hydrogen-bond donors (Lipinski definition) is 0. The molecule has 2 aromatic carbocycles. The Bertz CT molecular complexity index is 896. The van der Waals surface area contributed by atoms with Crippen LogP contribution < -0.4 is 4.90 Å². The maximum Gasteiger partial charge on any atom is 0.209 e. The Morgan fingerprint density at radius 1 is 1.08 bits per heavy atom. The molecule has 2 aromatic rings. The molecular formula is C23H26N3+. The highest BCUT2D eigenvalue weighted by molar-refractivity contribution is 6.05. The van der Waals surface area contributed by atoms with Crippen molar-refractivity contribution in [3.63, 3.8) is 0 Å². The number of fused-ring (bicyclic) bond motifs is 1. The van der Waals surface area contributed by atoms with Crippen molar-refractivity contribution < 1.29 is 4.58 Å². The molecule has 0 aromatic heterocycles. The van der Waals surface area contributed by atoms with Crippen molar-refractivity contribution in [2.24, 2.45) is 0 Å². The molecule has 1 heterocycles. The van der Waals surface area contributed by atoms with Crippen LogP contribution in [0.4, 0.5) is 11.4 Å². The average molecular weight is 344 g/mol. The van der Waals surface area contributed by atoms with Crippen molar-refractivity contribution in [3.05, 3.63) is 65.7 Å². The van der Waals surface area contributed by atoms with Crippen molar-refractivity contribution in [3.8, 4) is 6.07 Å². The normalized spacial score (nSPS) is 15.2. The summed E-state index contributed by atoms with van der Waals surface area (Å²) >= 11 is 0. The molecule has 0 bridgehead atoms. The smallest absolute Gasteiger partial charge is 0.209 e. The van der Waals surface area contributed by atoms with Crippen molar-refractivity contribution >= 4 is 23.2 Å². The zero-order chi connectivity index (χ0) is 18.7. The molecule has 0 aliphatic carbocycles. The Morgan fingerprint density at radius 3 is 2.42 bits per heavy atom. The van der Waals surface area contributed by atoms with E-state index < -0.39 is 0 Å². The number of anilines is 1. The molecule has 0 unspecified atom stereocenters. The fraction of sp³-hybridized carbons (Fsp3) is 0.304. The van der Waals surface area contributed by atoms with Crippen molar-refractivity contribution in [2.75, 3.05) is 25.5 Å². The third-order valence-corrected chi connectivity index (χ3v) is 5.27. The Labute approximate surface area is 156 Å². The molecule has 0 spiro atoms. The summed E-state index contributed by atoms with van der Waals surface area (Å²) in [6.45, 7) is 5.31. The molecule has 0 saturated carbocycles. The van der Waals surface area contributed by atoms with E-state index in [4.69, 9.17) is 5.26 Å². The number of para-hydroxylation sites is 1. The second-order valence-corrected chi connectivity index (χ2v) is 7.34. The molecular weight excluding hydrogens is 318 g/mol. The molecule has 0 atom stereocenters. The largest absolute Gasteiger partial charge is 0.374 e. The molecule has 26 heavy (non-hydrogen) atoms. The highest BCUT2D eigenvalue weighted by Crippen LogP contribution is 2.39. The predicted octanol–water partition coefficient (Wildman–Crippen LogP) is 4.76. The van der Waals surface area contributed by atoms with Crippen LogP contribution in [0.25, 0.3) is 6.08 Å². The van der Waals surface area contributed by atoms with Crippen LogP contribution in [0.5, 0.6) is 0 Å². The first kappa shape index (κ1) is 17.9. The number of benzene rings is 2. The summed E-state index contributed by atoms with van der Waals surface area (Å²) in [5, 5.41) is 8.72. The minimum atomic E-state index is -0.000698. The topological polar surface area (TPSA) is 30.0 Å². The van der Waals surface area contributed by atoms with Crippen LogP contribution in [0.2, 0.25) is 0 Å². The van der Waals surface area contributed by atoms with Gasteiger partial charge in [-0.25, -0.2) is 0 Å². The number of allylic oxidation sites excluding steroid dienone is 1. The highest BCUT2D eigenvalue weighted by atomic mass is 15.1. The van der Waals surface area contributed by atoms with Crippen molar-refractivity contribution in [1.82, 2.24) is 0 Å². The summed E-state index contributed by atoms with van der Waals surface area (Å²) in [4.78, 5) is 2.11. The minimum absolute atomic E-state index is 0.000698. The van der Waals surface area contributed by atoms with Crippen molar-refractivity contribution in [1.29, 1.82) is 5.26 Å². The van der Waals surface area contributed by atoms with E-state index in [1.807, 2.05) is 7.05 Å². The quantitative estimate of drug-likeness (QED) is 0.732. The number of rotatable bonds is 5. The van der Waals surface area contributed by atoms with Crippen LogP contribution in [0.15, 0.2) is 54.6 Å². The molecule has 1 aliphatic heterocycles. The maximum atomic E-state index is 8.72. The summed E-state index contributed by atoms with van der Waals surface area (Å²) in [5.74, 6) is 0. The lowest BCUT2D eigenvalue weighted by Gasteiger charge is -2.17. The highest BCUT2D eigenvalue weighted by Gasteiger charge is 2.42. The first-order valence-corrected chi connectivity index (χ1v) is 9.02.